The van der Waals surface area contributed by atoms with Crippen LogP contribution < -0.4 is 20.5 Å². The van der Waals surface area contributed by atoms with Crippen LogP contribution in [0.25, 0.3) is 0 Å². The summed E-state index contributed by atoms with van der Waals surface area (Å²) in [5.41, 5.74) is 6.89. The Morgan fingerprint density at radius 3 is 2.60 bits per heavy atom. The average molecular weight is 371 g/mol. The van der Waals surface area contributed by atoms with Gasteiger partial charge in [0.05, 0.1) is 13.2 Å². The third-order valence-electron chi connectivity index (χ3n) is 4.62. The molecule has 1 saturated carbocycles. The Morgan fingerprint density at radius 2 is 1.92 bits per heavy atom. The van der Waals surface area contributed by atoms with Crippen molar-refractivity contribution in [2.75, 3.05) is 26.3 Å². The van der Waals surface area contributed by atoms with E-state index in [1.165, 1.54) is 0 Å². The molecule has 25 heavy (non-hydrogen) atoms. The molecule has 0 heterocycles. The van der Waals surface area contributed by atoms with E-state index in [1.807, 2.05) is 32.0 Å². The molecule has 5 nitrogen and oxygen atoms in total. The Morgan fingerprint density at radius 1 is 1.20 bits per heavy atom. The van der Waals surface area contributed by atoms with E-state index in [4.69, 9.17) is 15.2 Å². The van der Waals surface area contributed by atoms with Crippen molar-refractivity contribution in [1.29, 1.82) is 0 Å². The highest BCUT2D eigenvalue weighted by Gasteiger charge is 2.31. The first-order valence-corrected chi connectivity index (χ1v) is 9.05. The predicted octanol–water partition coefficient (Wildman–Crippen LogP) is 2.94. The largest absolute Gasteiger partial charge is 0.490 e. The molecule has 1 aromatic carbocycles. The summed E-state index contributed by atoms with van der Waals surface area (Å²) in [6, 6.07) is 5.96. The zero-order valence-corrected chi connectivity index (χ0v) is 16.1. The lowest BCUT2D eigenvalue weighted by atomic mass is 9.95. The van der Waals surface area contributed by atoms with E-state index >= 15 is 0 Å². The highest BCUT2D eigenvalue weighted by molar-refractivity contribution is 5.85. The number of amides is 1. The molecular weight excluding hydrogens is 340 g/mol. The second-order valence-corrected chi connectivity index (χ2v) is 6.22. The van der Waals surface area contributed by atoms with Crippen molar-refractivity contribution in [1.82, 2.24) is 5.32 Å². The molecule has 0 bridgehead atoms. The lowest BCUT2D eigenvalue weighted by Crippen LogP contribution is -2.36. The molecule has 1 aromatic rings. The Labute approximate surface area is 157 Å². The molecule has 0 radical (unpaired) electrons. The Hall–Kier alpha value is -1.46. The van der Waals surface area contributed by atoms with Gasteiger partial charge in [-0.1, -0.05) is 12.5 Å². The Balaban J connectivity index is 0.00000312. The smallest absolute Gasteiger partial charge is 0.223 e. The van der Waals surface area contributed by atoms with Crippen molar-refractivity contribution in [2.45, 2.75) is 39.5 Å². The van der Waals surface area contributed by atoms with Crippen LogP contribution in [0.4, 0.5) is 0 Å². The van der Waals surface area contributed by atoms with Gasteiger partial charge in [-0.05, 0) is 63.3 Å². The lowest BCUT2D eigenvalue weighted by molar-refractivity contribution is -0.125. The van der Waals surface area contributed by atoms with Gasteiger partial charge < -0.3 is 20.5 Å². The fraction of sp³-hybridized carbons (Fsp3) is 0.632. The van der Waals surface area contributed by atoms with E-state index in [1.54, 1.807) is 0 Å². The van der Waals surface area contributed by atoms with E-state index < -0.39 is 0 Å². The maximum absolute atomic E-state index is 12.3. The molecule has 142 valence electrons. The molecule has 0 unspecified atom stereocenters. The normalized spacial score (nSPS) is 19.2. The molecule has 0 saturated heterocycles. The fourth-order valence-corrected chi connectivity index (χ4v) is 3.38. The highest BCUT2D eigenvalue weighted by atomic mass is 35.5. The van der Waals surface area contributed by atoms with Crippen LogP contribution >= 0.6 is 12.4 Å². The van der Waals surface area contributed by atoms with Crippen LogP contribution in [0, 0.1) is 11.8 Å². The van der Waals surface area contributed by atoms with Gasteiger partial charge >= 0.3 is 0 Å². The number of carbonyl (C=O) groups is 1. The number of hydrogen-bond donors (Lipinski definition) is 2. The highest BCUT2D eigenvalue weighted by Crippen LogP contribution is 2.31. The number of ether oxygens (including phenoxy) is 2. The zero-order valence-electron chi connectivity index (χ0n) is 15.3. The van der Waals surface area contributed by atoms with Gasteiger partial charge in [-0.2, -0.15) is 0 Å². The number of nitrogens with two attached hydrogens (primary N) is 1. The van der Waals surface area contributed by atoms with E-state index in [2.05, 4.69) is 5.32 Å². The first-order chi connectivity index (χ1) is 11.7. The van der Waals surface area contributed by atoms with Gasteiger partial charge in [0.2, 0.25) is 5.91 Å². The minimum Gasteiger partial charge on any atom is -0.490 e. The third-order valence-corrected chi connectivity index (χ3v) is 4.62. The number of nitrogens with one attached hydrogen (secondary N) is 1. The second-order valence-electron chi connectivity index (χ2n) is 6.22. The fourth-order valence-electron chi connectivity index (χ4n) is 3.38. The summed E-state index contributed by atoms with van der Waals surface area (Å²) in [4.78, 5) is 12.3. The standard InChI is InChI=1S/C19H30N2O3.ClH/c1-3-23-17-9-8-14(12-18(17)24-4-2)10-11-21-19(22)16-7-5-6-15(16)13-20;/h8-9,12,15-16H,3-7,10-11,13,20H2,1-2H3,(H,21,22);1H/t15-,16-;/m1./s1. The van der Waals surface area contributed by atoms with Crippen LogP contribution in [0.5, 0.6) is 11.5 Å². The SMILES string of the molecule is CCOc1ccc(CCNC(=O)[C@@H]2CCC[C@@H]2CN)cc1OCC.Cl. The minimum atomic E-state index is 0. The summed E-state index contributed by atoms with van der Waals surface area (Å²) < 4.78 is 11.2. The topological polar surface area (TPSA) is 73.6 Å². The molecule has 0 aromatic heterocycles. The molecule has 6 heteroatoms. The zero-order chi connectivity index (χ0) is 17.4. The van der Waals surface area contributed by atoms with Crippen LogP contribution in [0.15, 0.2) is 18.2 Å². The van der Waals surface area contributed by atoms with Crippen molar-refractivity contribution < 1.29 is 14.3 Å². The Kier molecular flexibility index (Phi) is 9.68. The molecule has 1 aliphatic carbocycles. The summed E-state index contributed by atoms with van der Waals surface area (Å²) in [6.45, 7) is 6.36. The molecule has 1 aliphatic rings. The number of benzene rings is 1. The number of halogens is 1. The van der Waals surface area contributed by atoms with Crippen molar-refractivity contribution in [3.8, 4) is 11.5 Å². The second kappa shape index (κ2) is 11.2. The van der Waals surface area contributed by atoms with Gasteiger partial charge in [-0.15, -0.1) is 12.4 Å². The minimum absolute atomic E-state index is 0. The van der Waals surface area contributed by atoms with Crippen molar-refractivity contribution in [2.24, 2.45) is 17.6 Å². The van der Waals surface area contributed by atoms with Crippen LogP contribution in [-0.4, -0.2) is 32.2 Å². The molecule has 3 N–H and O–H groups in total. The monoisotopic (exact) mass is 370 g/mol. The van der Waals surface area contributed by atoms with E-state index in [0.717, 1.165) is 42.7 Å². The predicted molar refractivity (Wildman–Crippen MR) is 103 cm³/mol. The number of carbonyl (C=O) groups excluding carboxylic acids is 1. The average Bonchev–Trinajstić information content (AvgIpc) is 3.06. The van der Waals surface area contributed by atoms with Crippen LogP contribution in [0.2, 0.25) is 0 Å². The van der Waals surface area contributed by atoms with Gasteiger partial charge in [-0.25, -0.2) is 0 Å². The van der Waals surface area contributed by atoms with Gasteiger partial charge in [-0.3, -0.25) is 4.79 Å². The van der Waals surface area contributed by atoms with E-state index in [-0.39, 0.29) is 24.2 Å². The van der Waals surface area contributed by atoms with Gasteiger partial charge in [0.25, 0.3) is 0 Å². The maximum Gasteiger partial charge on any atom is 0.223 e. The summed E-state index contributed by atoms with van der Waals surface area (Å²) in [5.74, 6) is 2.12. The van der Waals surface area contributed by atoms with Gasteiger partial charge in [0, 0.05) is 12.5 Å². The summed E-state index contributed by atoms with van der Waals surface area (Å²) in [7, 11) is 0. The quantitative estimate of drug-likeness (QED) is 0.700. The molecular formula is C19H31ClN2O3. The summed E-state index contributed by atoms with van der Waals surface area (Å²) in [6.07, 6.45) is 3.92. The van der Waals surface area contributed by atoms with Crippen molar-refractivity contribution >= 4 is 18.3 Å². The van der Waals surface area contributed by atoms with Gasteiger partial charge in [0.15, 0.2) is 11.5 Å². The molecule has 1 amide bonds. The molecule has 2 rings (SSSR count). The number of rotatable bonds is 9. The Bertz CT molecular complexity index is 539. The third kappa shape index (κ3) is 6.08. The van der Waals surface area contributed by atoms with E-state index in [0.29, 0.717) is 32.2 Å². The first kappa shape index (κ1) is 21.6. The van der Waals surface area contributed by atoms with E-state index in [9.17, 15) is 4.79 Å². The van der Waals surface area contributed by atoms with Crippen LogP contribution in [-0.2, 0) is 11.2 Å². The van der Waals surface area contributed by atoms with Gasteiger partial charge in [0.1, 0.15) is 0 Å². The molecule has 0 aliphatic heterocycles. The van der Waals surface area contributed by atoms with Crippen LogP contribution in [0.3, 0.4) is 0 Å². The molecule has 0 spiro atoms. The van der Waals surface area contributed by atoms with Crippen molar-refractivity contribution in [3.05, 3.63) is 23.8 Å². The molecule has 1 fully saturated rings. The summed E-state index contributed by atoms with van der Waals surface area (Å²) >= 11 is 0. The number of hydrogen-bond acceptors (Lipinski definition) is 4. The van der Waals surface area contributed by atoms with Crippen molar-refractivity contribution in [3.63, 3.8) is 0 Å². The lowest BCUT2D eigenvalue weighted by Gasteiger charge is -2.17. The molecule has 2 atom stereocenters. The maximum atomic E-state index is 12.3. The first-order valence-electron chi connectivity index (χ1n) is 9.05. The summed E-state index contributed by atoms with van der Waals surface area (Å²) in [5, 5.41) is 3.06. The van der Waals surface area contributed by atoms with Crippen LogP contribution in [0.1, 0.15) is 38.7 Å².